The van der Waals surface area contributed by atoms with Crippen molar-refractivity contribution in [2.24, 2.45) is 5.11 Å². The van der Waals surface area contributed by atoms with Gasteiger partial charge in [-0.25, -0.2) is 0 Å². The molecule has 1 aromatic carbocycles. The first-order valence-electron chi connectivity index (χ1n) is 6.30. The van der Waals surface area contributed by atoms with E-state index in [9.17, 15) is 4.79 Å². The number of nitrogens with zero attached hydrogens (tertiary/aromatic N) is 3. The average Bonchev–Trinajstić information content (AvgIpc) is 2.41. The number of para-hydroxylation sites is 2. The molecule has 19 heavy (non-hydrogen) atoms. The zero-order chi connectivity index (χ0) is 13.9. The second kappa shape index (κ2) is 8.83. The minimum absolute atomic E-state index is 0.0620. The molecule has 102 valence electrons. The van der Waals surface area contributed by atoms with Crippen molar-refractivity contribution < 1.29 is 9.53 Å². The summed E-state index contributed by atoms with van der Waals surface area (Å²) < 4.78 is 5.43. The monoisotopic (exact) mass is 262 g/mol. The predicted octanol–water partition coefficient (Wildman–Crippen LogP) is 3.50. The summed E-state index contributed by atoms with van der Waals surface area (Å²) in [4.78, 5) is 14.4. The largest absolute Gasteiger partial charge is 0.492 e. The maximum atomic E-state index is 11.7. The highest BCUT2D eigenvalue weighted by Crippen LogP contribution is 2.23. The molecule has 0 spiro atoms. The van der Waals surface area contributed by atoms with Crippen molar-refractivity contribution in [1.29, 1.82) is 0 Å². The van der Waals surface area contributed by atoms with Gasteiger partial charge in [0.05, 0.1) is 12.3 Å². The fourth-order valence-corrected chi connectivity index (χ4v) is 1.58. The molecule has 6 nitrogen and oxygen atoms in total. The quantitative estimate of drug-likeness (QED) is 0.336. The molecule has 0 heterocycles. The maximum Gasteiger partial charge on any atom is 0.224 e. The lowest BCUT2D eigenvalue weighted by molar-refractivity contribution is -0.116. The first kappa shape index (κ1) is 14.9. The average molecular weight is 262 g/mol. The van der Waals surface area contributed by atoms with Crippen molar-refractivity contribution in [2.75, 3.05) is 18.5 Å². The zero-order valence-electron chi connectivity index (χ0n) is 11.0. The summed E-state index contributed by atoms with van der Waals surface area (Å²) in [5, 5.41) is 6.24. The van der Waals surface area contributed by atoms with Gasteiger partial charge in [0.25, 0.3) is 0 Å². The van der Waals surface area contributed by atoms with Crippen molar-refractivity contribution >= 4 is 11.6 Å². The smallest absolute Gasteiger partial charge is 0.224 e. The Labute approximate surface area is 112 Å². The van der Waals surface area contributed by atoms with E-state index in [1.807, 2.05) is 31.2 Å². The van der Waals surface area contributed by atoms with Gasteiger partial charge in [0, 0.05) is 17.9 Å². The number of hydrogen-bond acceptors (Lipinski definition) is 3. The van der Waals surface area contributed by atoms with E-state index in [4.69, 9.17) is 10.3 Å². The van der Waals surface area contributed by atoms with Gasteiger partial charge < -0.3 is 10.1 Å². The molecule has 0 saturated carbocycles. The number of unbranched alkanes of at least 4 members (excludes halogenated alkanes) is 1. The van der Waals surface area contributed by atoms with Crippen LogP contribution in [0.4, 0.5) is 5.69 Å². The number of hydrogen-bond donors (Lipinski definition) is 1. The van der Waals surface area contributed by atoms with Crippen molar-refractivity contribution in [2.45, 2.75) is 26.2 Å². The van der Waals surface area contributed by atoms with Gasteiger partial charge in [-0.15, -0.1) is 0 Å². The third-order valence-electron chi connectivity index (χ3n) is 2.44. The van der Waals surface area contributed by atoms with Crippen LogP contribution in [0.1, 0.15) is 26.2 Å². The molecule has 1 rings (SSSR count). The highest BCUT2D eigenvalue weighted by atomic mass is 16.5. The molecule has 0 aromatic heterocycles. The van der Waals surface area contributed by atoms with Crippen molar-refractivity contribution in [3.05, 3.63) is 34.7 Å². The number of ether oxygens (including phenoxy) is 1. The summed E-state index contributed by atoms with van der Waals surface area (Å²) in [6.07, 6.45) is 1.81. The number of benzene rings is 1. The van der Waals surface area contributed by atoms with Gasteiger partial charge in [-0.3, -0.25) is 4.79 Å². The van der Waals surface area contributed by atoms with Crippen molar-refractivity contribution in [1.82, 2.24) is 0 Å². The van der Waals surface area contributed by atoms with Crippen LogP contribution in [0.3, 0.4) is 0 Å². The van der Waals surface area contributed by atoms with E-state index in [-0.39, 0.29) is 5.91 Å². The number of amides is 1. The molecule has 0 radical (unpaired) electrons. The lowest BCUT2D eigenvalue weighted by atomic mass is 10.2. The van der Waals surface area contributed by atoms with E-state index in [2.05, 4.69) is 15.3 Å². The number of rotatable bonds is 8. The molecule has 0 bridgehead atoms. The van der Waals surface area contributed by atoms with E-state index in [0.717, 1.165) is 0 Å². The van der Waals surface area contributed by atoms with Crippen LogP contribution < -0.4 is 10.1 Å². The lowest BCUT2D eigenvalue weighted by Crippen LogP contribution is -2.12. The molecule has 6 heteroatoms. The Morgan fingerprint density at radius 3 is 2.95 bits per heavy atom. The molecule has 0 unspecified atom stereocenters. The Bertz CT molecular complexity index is 456. The summed E-state index contributed by atoms with van der Waals surface area (Å²) in [5.41, 5.74) is 8.80. The van der Waals surface area contributed by atoms with Crippen LogP contribution in [0.5, 0.6) is 5.75 Å². The molecule has 0 atom stereocenters. The summed E-state index contributed by atoms with van der Waals surface area (Å²) in [6, 6.07) is 7.34. The van der Waals surface area contributed by atoms with Crippen LogP contribution in [0.15, 0.2) is 29.4 Å². The molecule has 1 aromatic rings. The standard InChI is InChI=1S/C13H18N4O2/c1-2-19-12-8-4-3-7-11(12)16-13(18)9-5-6-10-15-17-14/h3-4,7-8H,2,5-6,9-10H2,1H3,(H,16,18). The molecule has 0 fully saturated rings. The van der Waals surface area contributed by atoms with Crippen LogP contribution in [0.25, 0.3) is 10.4 Å². The van der Waals surface area contributed by atoms with Crippen LogP contribution in [-0.4, -0.2) is 19.1 Å². The van der Waals surface area contributed by atoms with Gasteiger partial charge in [0.15, 0.2) is 0 Å². The van der Waals surface area contributed by atoms with Gasteiger partial charge in [0.2, 0.25) is 5.91 Å². The van der Waals surface area contributed by atoms with Gasteiger partial charge >= 0.3 is 0 Å². The Morgan fingerprint density at radius 2 is 2.21 bits per heavy atom. The Kier molecular flexibility index (Phi) is 6.90. The summed E-state index contributed by atoms with van der Waals surface area (Å²) >= 11 is 0. The highest BCUT2D eigenvalue weighted by molar-refractivity contribution is 5.92. The van der Waals surface area contributed by atoms with Crippen LogP contribution in [-0.2, 0) is 4.79 Å². The second-order valence-corrected chi connectivity index (χ2v) is 3.89. The van der Waals surface area contributed by atoms with Gasteiger partial charge in [0.1, 0.15) is 5.75 Å². The van der Waals surface area contributed by atoms with Gasteiger partial charge in [-0.2, -0.15) is 0 Å². The van der Waals surface area contributed by atoms with E-state index >= 15 is 0 Å². The third kappa shape index (κ3) is 5.79. The minimum Gasteiger partial charge on any atom is -0.492 e. The fourth-order valence-electron chi connectivity index (χ4n) is 1.58. The molecule has 0 aliphatic rings. The first-order valence-corrected chi connectivity index (χ1v) is 6.30. The van der Waals surface area contributed by atoms with Gasteiger partial charge in [-0.05, 0) is 37.4 Å². The SMILES string of the molecule is CCOc1ccccc1NC(=O)CCCCN=[N+]=[N-]. The molecular formula is C13H18N4O2. The number of carbonyl (C=O) groups is 1. The van der Waals surface area contributed by atoms with E-state index in [1.165, 1.54) is 0 Å². The minimum atomic E-state index is -0.0620. The Balaban J connectivity index is 2.41. The lowest BCUT2D eigenvalue weighted by Gasteiger charge is -2.10. The topological polar surface area (TPSA) is 87.1 Å². The third-order valence-corrected chi connectivity index (χ3v) is 2.44. The predicted molar refractivity (Wildman–Crippen MR) is 74.1 cm³/mol. The summed E-state index contributed by atoms with van der Waals surface area (Å²) in [6.45, 7) is 2.88. The van der Waals surface area contributed by atoms with Crippen LogP contribution in [0, 0.1) is 0 Å². The van der Waals surface area contributed by atoms with E-state index in [1.54, 1.807) is 0 Å². The van der Waals surface area contributed by atoms with Crippen molar-refractivity contribution in [3.63, 3.8) is 0 Å². The Morgan fingerprint density at radius 1 is 1.42 bits per heavy atom. The first-order chi connectivity index (χ1) is 9.27. The molecular weight excluding hydrogens is 244 g/mol. The molecule has 1 N–H and O–H groups in total. The fraction of sp³-hybridized carbons (Fsp3) is 0.462. The highest BCUT2D eigenvalue weighted by Gasteiger charge is 2.06. The number of carbonyl (C=O) groups excluding carboxylic acids is 1. The second-order valence-electron chi connectivity index (χ2n) is 3.89. The van der Waals surface area contributed by atoms with E-state index in [0.29, 0.717) is 43.9 Å². The number of nitrogens with one attached hydrogen (secondary N) is 1. The Hall–Kier alpha value is -2.20. The van der Waals surface area contributed by atoms with Crippen LogP contribution in [0.2, 0.25) is 0 Å². The summed E-state index contributed by atoms with van der Waals surface area (Å²) in [5.74, 6) is 0.612. The number of azide groups is 1. The maximum absolute atomic E-state index is 11.7. The normalized spacial score (nSPS) is 9.53. The van der Waals surface area contributed by atoms with E-state index < -0.39 is 0 Å². The van der Waals surface area contributed by atoms with Crippen LogP contribution >= 0.6 is 0 Å². The molecule has 0 saturated heterocycles. The molecule has 1 amide bonds. The van der Waals surface area contributed by atoms with Gasteiger partial charge in [-0.1, -0.05) is 17.2 Å². The summed E-state index contributed by atoms with van der Waals surface area (Å²) in [7, 11) is 0. The van der Waals surface area contributed by atoms with Crippen molar-refractivity contribution in [3.8, 4) is 5.75 Å². The molecule has 0 aliphatic carbocycles. The number of anilines is 1. The molecule has 0 aliphatic heterocycles. The zero-order valence-corrected chi connectivity index (χ0v) is 11.0.